The maximum Gasteiger partial charge on any atom is 0.225 e. The lowest BCUT2D eigenvalue weighted by molar-refractivity contribution is -0.139. The van der Waals surface area contributed by atoms with Crippen molar-refractivity contribution in [1.82, 2.24) is 10.2 Å². The average molecular weight is 264 g/mol. The van der Waals surface area contributed by atoms with Crippen LogP contribution in [-0.4, -0.2) is 35.8 Å². The minimum Gasteiger partial charge on any atom is -0.353 e. The number of hydrogen-bond acceptors (Lipinski definition) is 2. The Morgan fingerprint density at radius 2 is 1.84 bits per heavy atom. The highest BCUT2D eigenvalue weighted by Crippen LogP contribution is 2.46. The summed E-state index contributed by atoms with van der Waals surface area (Å²) in [7, 11) is 0. The summed E-state index contributed by atoms with van der Waals surface area (Å²) in [6.07, 6.45) is 5.67. The van der Waals surface area contributed by atoms with Crippen molar-refractivity contribution in [3.05, 3.63) is 0 Å². The number of nitrogens with one attached hydrogen (secondary N) is 1. The smallest absolute Gasteiger partial charge is 0.225 e. The van der Waals surface area contributed by atoms with Gasteiger partial charge in [-0.2, -0.15) is 0 Å². The molecule has 1 aliphatic heterocycles. The van der Waals surface area contributed by atoms with Crippen LogP contribution in [0.4, 0.5) is 0 Å². The predicted octanol–water partition coefficient (Wildman–Crippen LogP) is 1.55. The molecular formula is C15H24N2O2. The zero-order valence-corrected chi connectivity index (χ0v) is 11.7. The molecule has 3 fully saturated rings. The van der Waals surface area contributed by atoms with Crippen molar-refractivity contribution in [3.8, 4) is 0 Å². The fraction of sp³-hybridized carbons (Fsp3) is 0.867. The number of piperidine rings is 1. The van der Waals surface area contributed by atoms with Gasteiger partial charge in [-0.3, -0.25) is 9.59 Å². The van der Waals surface area contributed by atoms with E-state index >= 15 is 0 Å². The van der Waals surface area contributed by atoms with Gasteiger partial charge >= 0.3 is 0 Å². The minimum atomic E-state index is 0.153. The lowest BCUT2D eigenvalue weighted by atomic mass is 9.79. The van der Waals surface area contributed by atoms with Crippen LogP contribution >= 0.6 is 0 Å². The molecule has 4 heteroatoms. The maximum atomic E-state index is 12.2. The Hall–Kier alpha value is -1.06. The molecule has 1 saturated heterocycles. The standard InChI is InChI=1S/C15H24N2O2/c1-2-3-4-14(18)16-13-6-10(7-13)15(19)17-8-11-5-12(11)9-17/h10-13H,2-9H2,1H3,(H,16,18)/t10-,11-,12?,13+/m1/s1. The Labute approximate surface area is 114 Å². The van der Waals surface area contributed by atoms with Crippen LogP contribution in [0.15, 0.2) is 0 Å². The number of likely N-dealkylation sites (tertiary alicyclic amines) is 1. The molecular weight excluding hydrogens is 240 g/mol. The lowest BCUT2D eigenvalue weighted by Gasteiger charge is -2.37. The molecule has 2 atom stereocenters. The lowest BCUT2D eigenvalue weighted by Crippen LogP contribution is -2.50. The number of carbonyl (C=O) groups excluding carboxylic acids is 2. The van der Waals surface area contributed by atoms with Crippen LogP contribution in [0.1, 0.15) is 45.4 Å². The van der Waals surface area contributed by atoms with E-state index in [4.69, 9.17) is 0 Å². The second-order valence-corrected chi connectivity index (χ2v) is 6.54. The summed E-state index contributed by atoms with van der Waals surface area (Å²) in [4.78, 5) is 25.8. The van der Waals surface area contributed by atoms with Gasteiger partial charge in [-0.15, -0.1) is 0 Å². The quantitative estimate of drug-likeness (QED) is 0.819. The van der Waals surface area contributed by atoms with Gasteiger partial charge < -0.3 is 10.2 Å². The fourth-order valence-corrected chi connectivity index (χ4v) is 3.41. The summed E-state index contributed by atoms with van der Waals surface area (Å²) in [5, 5.41) is 3.03. The molecule has 19 heavy (non-hydrogen) atoms. The second kappa shape index (κ2) is 5.14. The van der Waals surface area contributed by atoms with Crippen LogP contribution in [-0.2, 0) is 9.59 Å². The van der Waals surface area contributed by atoms with E-state index in [0.29, 0.717) is 12.3 Å². The van der Waals surface area contributed by atoms with Gasteiger partial charge in [-0.1, -0.05) is 13.3 Å². The van der Waals surface area contributed by atoms with Gasteiger partial charge in [0.15, 0.2) is 0 Å². The normalized spacial score (nSPS) is 35.5. The molecule has 0 spiro atoms. The largest absolute Gasteiger partial charge is 0.353 e. The van der Waals surface area contributed by atoms with E-state index in [-0.39, 0.29) is 17.9 Å². The Morgan fingerprint density at radius 3 is 2.47 bits per heavy atom. The molecule has 0 aromatic heterocycles. The van der Waals surface area contributed by atoms with Crippen molar-refractivity contribution in [1.29, 1.82) is 0 Å². The third-order valence-electron chi connectivity index (χ3n) is 4.90. The van der Waals surface area contributed by atoms with Crippen molar-refractivity contribution in [3.63, 3.8) is 0 Å². The number of carbonyl (C=O) groups is 2. The van der Waals surface area contributed by atoms with E-state index < -0.39 is 0 Å². The van der Waals surface area contributed by atoms with Crippen LogP contribution in [0.3, 0.4) is 0 Å². The monoisotopic (exact) mass is 264 g/mol. The maximum absolute atomic E-state index is 12.2. The van der Waals surface area contributed by atoms with Crippen molar-refractivity contribution in [2.45, 2.75) is 51.5 Å². The van der Waals surface area contributed by atoms with Gasteiger partial charge in [0.1, 0.15) is 0 Å². The molecule has 1 heterocycles. The first kappa shape index (κ1) is 12.9. The molecule has 0 bridgehead atoms. The first-order valence-corrected chi connectivity index (χ1v) is 7.75. The number of nitrogens with zero attached hydrogens (tertiary/aromatic N) is 1. The number of rotatable bonds is 5. The van der Waals surface area contributed by atoms with Crippen LogP contribution in [0.2, 0.25) is 0 Å². The molecule has 1 N–H and O–H groups in total. The van der Waals surface area contributed by atoms with Gasteiger partial charge in [0.25, 0.3) is 0 Å². The molecule has 3 rings (SSSR count). The molecule has 0 radical (unpaired) electrons. The highest BCUT2D eigenvalue weighted by molar-refractivity contribution is 5.81. The number of hydrogen-bond donors (Lipinski definition) is 1. The van der Waals surface area contributed by atoms with Crippen LogP contribution in [0.5, 0.6) is 0 Å². The van der Waals surface area contributed by atoms with E-state index in [1.54, 1.807) is 0 Å². The first-order valence-electron chi connectivity index (χ1n) is 7.75. The molecule has 106 valence electrons. The molecule has 4 nitrogen and oxygen atoms in total. The van der Waals surface area contributed by atoms with Crippen molar-refractivity contribution in [2.24, 2.45) is 17.8 Å². The molecule has 1 unspecified atom stereocenters. The zero-order valence-electron chi connectivity index (χ0n) is 11.7. The minimum absolute atomic E-state index is 0.153. The van der Waals surface area contributed by atoms with Crippen LogP contribution < -0.4 is 5.32 Å². The summed E-state index contributed by atoms with van der Waals surface area (Å²) >= 11 is 0. The Kier molecular flexibility index (Phi) is 3.50. The third kappa shape index (κ3) is 2.77. The van der Waals surface area contributed by atoms with Crippen LogP contribution in [0.25, 0.3) is 0 Å². The van der Waals surface area contributed by atoms with Crippen molar-refractivity contribution >= 4 is 11.8 Å². The Morgan fingerprint density at radius 1 is 1.16 bits per heavy atom. The summed E-state index contributed by atoms with van der Waals surface area (Å²) in [5.41, 5.74) is 0. The van der Waals surface area contributed by atoms with Gasteiger partial charge in [-0.25, -0.2) is 0 Å². The summed E-state index contributed by atoms with van der Waals surface area (Å²) in [6.45, 7) is 4.08. The second-order valence-electron chi connectivity index (χ2n) is 6.54. The average Bonchev–Trinajstić information content (AvgIpc) is 2.96. The Balaban J connectivity index is 1.35. The van der Waals surface area contributed by atoms with Gasteiger partial charge in [0, 0.05) is 31.5 Å². The van der Waals surface area contributed by atoms with E-state index in [9.17, 15) is 9.59 Å². The molecule has 3 aliphatic rings. The highest BCUT2D eigenvalue weighted by atomic mass is 16.2. The third-order valence-corrected chi connectivity index (χ3v) is 4.90. The van der Waals surface area contributed by atoms with Gasteiger partial charge in [0.05, 0.1) is 0 Å². The van der Waals surface area contributed by atoms with Crippen molar-refractivity contribution in [2.75, 3.05) is 13.1 Å². The zero-order chi connectivity index (χ0) is 13.4. The predicted molar refractivity (Wildman–Crippen MR) is 72.4 cm³/mol. The molecule has 2 saturated carbocycles. The summed E-state index contributed by atoms with van der Waals surface area (Å²) in [5.74, 6) is 2.29. The van der Waals surface area contributed by atoms with Crippen molar-refractivity contribution < 1.29 is 9.59 Å². The van der Waals surface area contributed by atoms with E-state index in [1.165, 1.54) is 6.42 Å². The molecule has 2 aliphatic carbocycles. The fourth-order valence-electron chi connectivity index (χ4n) is 3.41. The molecule has 0 aromatic carbocycles. The van der Waals surface area contributed by atoms with E-state index in [2.05, 4.69) is 17.1 Å². The number of amides is 2. The summed E-state index contributed by atoms with van der Waals surface area (Å²) in [6, 6.07) is 0.246. The van der Waals surface area contributed by atoms with E-state index in [1.807, 2.05) is 0 Å². The number of fused-ring (bicyclic) bond motifs is 1. The molecule has 2 amide bonds. The SMILES string of the molecule is CCCCC(=O)N[C@H]1C[C@@H](C(=O)N2CC3C[C@@H]3C2)C1. The molecule has 0 aromatic rings. The topological polar surface area (TPSA) is 49.4 Å². The van der Waals surface area contributed by atoms with Gasteiger partial charge in [0.2, 0.25) is 11.8 Å². The van der Waals surface area contributed by atoms with E-state index in [0.717, 1.165) is 50.6 Å². The van der Waals surface area contributed by atoms with Crippen LogP contribution in [0, 0.1) is 17.8 Å². The first-order chi connectivity index (χ1) is 9.17. The summed E-state index contributed by atoms with van der Waals surface area (Å²) < 4.78 is 0. The number of unbranched alkanes of at least 4 members (excludes halogenated alkanes) is 1. The van der Waals surface area contributed by atoms with Gasteiger partial charge in [-0.05, 0) is 37.5 Å². The Bertz CT molecular complexity index is 366. The highest BCUT2D eigenvalue weighted by Gasteiger charge is 2.48.